The SMILES string of the molecule is COC(=O)c1cc(OC(C)C)c2cccc(C)c2n1. The van der Waals surface area contributed by atoms with Crippen LogP contribution < -0.4 is 4.74 Å². The van der Waals surface area contributed by atoms with Gasteiger partial charge in [-0.15, -0.1) is 0 Å². The second-order valence-electron chi connectivity index (χ2n) is 4.63. The number of rotatable bonds is 3. The minimum Gasteiger partial charge on any atom is -0.490 e. The van der Waals surface area contributed by atoms with Crippen LogP contribution in [0, 0.1) is 6.92 Å². The number of carbonyl (C=O) groups is 1. The number of hydrogen-bond donors (Lipinski definition) is 0. The highest BCUT2D eigenvalue weighted by molar-refractivity contribution is 5.95. The molecule has 0 unspecified atom stereocenters. The summed E-state index contributed by atoms with van der Waals surface area (Å²) >= 11 is 0. The van der Waals surface area contributed by atoms with Gasteiger partial charge in [0.1, 0.15) is 5.75 Å². The van der Waals surface area contributed by atoms with Gasteiger partial charge in [0, 0.05) is 11.5 Å². The van der Waals surface area contributed by atoms with Gasteiger partial charge in [-0.3, -0.25) is 0 Å². The number of hydrogen-bond acceptors (Lipinski definition) is 4. The van der Waals surface area contributed by atoms with Crippen molar-refractivity contribution in [2.24, 2.45) is 0 Å². The fraction of sp³-hybridized carbons (Fsp3) is 0.333. The summed E-state index contributed by atoms with van der Waals surface area (Å²) in [5, 5.41) is 0.904. The Labute approximate surface area is 112 Å². The standard InChI is InChI=1S/C15H17NO3/c1-9(2)19-13-8-12(15(17)18-4)16-14-10(3)6-5-7-11(13)14/h5-9H,1-4H3. The maximum absolute atomic E-state index is 11.7. The molecule has 0 radical (unpaired) electrons. The molecule has 2 aromatic rings. The third-order valence-corrected chi connectivity index (χ3v) is 2.76. The fourth-order valence-electron chi connectivity index (χ4n) is 1.92. The molecule has 0 aliphatic carbocycles. The molecule has 0 atom stereocenters. The van der Waals surface area contributed by atoms with Crippen molar-refractivity contribution in [1.29, 1.82) is 0 Å². The number of para-hydroxylation sites is 1. The zero-order chi connectivity index (χ0) is 14.0. The van der Waals surface area contributed by atoms with Crippen LogP contribution >= 0.6 is 0 Å². The average Bonchev–Trinajstić information content (AvgIpc) is 2.38. The lowest BCUT2D eigenvalue weighted by Crippen LogP contribution is -2.10. The van der Waals surface area contributed by atoms with Crippen molar-refractivity contribution in [1.82, 2.24) is 4.98 Å². The van der Waals surface area contributed by atoms with Crippen molar-refractivity contribution >= 4 is 16.9 Å². The number of carbonyl (C=O) groups excluding carboxylic acids is 1. The minimum absolute atomic E-state index is 0.0246. The highest BCUT2D eigenvalue weighted by Gasteiger charge is 2.14. The third-order valence-electron chi connectivity index (χ3n) is 2.76. The summed E-state index contributed by atoms with van der Waals surface area (Å²) in [6, 6.07) is 7.47. The Morgan fingerprint density at radius 3 is 2.68 bits per heavy atom. The van der Waals surface area contributed by atoms with Gasteiger partial charge in [-0.25, -0.2) is 9.78 Å². The van der Waals surface area contributed by atoms with E-state index in [1.165, 1.54) is 7.11 Å². The summed E-state index contributed by atoms with van der Waals surface area (Å²) in [6.45, 7) is 5.84. The van der Waals surface area contributed by atoms with Gasteiger partial charge >= 0.3 is 5.97 Å². The molecule has 4 heteroatoms. The molecule has 0 amide bonds. The zero-order valence-corrected chi connectivity index (χ0v) is 11.6. The van der Waals surface area contributed by atoms with E-state index in [4.69, 9.17) is 9.47 Å². The van der Waals surface area contributed by atoms with Crippen LogP contribution in [-0.2, 0) is 4.74 Å². The first kappa shape index (κ1) is 13.3. The predicted molar refractivity (Wildman–Crippen MR) is 73.6 cm³/mol. The van der Waals surface area contributed by atoms with Crippen LogP contribution in [0.15, 0.2) is 24.3 Å². The molecule has 2 rings (SSSR count). The number of fused-ring (bicyclic) bond motifs is 1. The summed E-state index contributed by atoms with van der Waals surface area (Å²) in [6.07, 6.45) is 0.0246. The average molecular weight is 259 g/mol. The molecule has 1 aromatic heterocycles. The van der Waals surface area contributed by atoms with Gasteiger partial charge in [0.25, 0.3) is 0 Å². The topological polar surface area (TPSA) is 48.4 Å². The Balaban J connectivity index is 2.69. The van der Waals surface area contributed by atoms with Crippen LogP contribution in [-0.4, -0.2) is 24.2 Å². The van der Waals surface area contributed by atoms with Crippen LogP contribution in [0.5, 0.6) is 5.75 Å². The number of aromatic nitrogens is 1. The summed E-state index contributed by atoms with van der Waals surface area (Å²) in [5.74, 6) is 0.197. The number of ether oxygens (including phenoxy) is 2. The molecule has 4 nitrogen and oxygen atoms in total. The van der Waals surface area contributed by atoms with E-state index in [-0.39, 0.29) is 11.8 Å². The third kappa shape index (κ3) is 2.67. The molecule has 0 spiro atoms. The molecule has 1 heterocycles. The maximum Gasteiger partial charge on any atom is 0.356 e. The van der Waals surface area contributed by atoms with E-state index in [9.17, 15) is 4.79 Å². The lowest BCUT2D eigenvalue weighted by atomic mass is 10.1. The fourth-order valence-corrected chi connectivity index (χ4v) is 1.92. The first-order valence-electron chi connectivity index (χ1n) is 6.18. The molecule has 0 saturated carbocycles. The molecule has 0 aliphatic rings. The molecular formula is C15H17NO3. The Morgan fingerprint density at radius 2 is 2.05 bits per heavy atom. The molecule has 1 aromatic carbocycles. The first-order valence-corrected chi connectivity index (χ1v) is 6.18. The number of aryl methyl sites for hydroxylation is 1. The zero-order valence-electron chi connectivity index (χ0n) is 11.6. The van der Waals surface area contributed by atoms with Crippen molar-refractivity contribution in [3.05, 3.63) is 35.5 Å². The van der Waals surface area contributed by atoms with Gasteiger partial charge in [-0.05, 0) is 32.4 Å². The molecule has 0 aliphatic heterocycles. The van der Waals surface area contributed by atoms with Crippen LogP contribution in [0.3, 0.4) is 0 Å². The second-order valence-corrected chi connectivity index (χ2v) is 4.63. The highest BCUT2D eigenvalue weighted by atomic mass is 16.5. The maximum atomic E-state index is 11.7. The summed E-state index contributed by atoms with van der Waals surface area (Å²) in [4.78, 5) is 16.0. The molecular weight excluding hydrogens is 242 g/mol. The number of pyridine rings is 1. The Hall–Kier alpha value is -2.10. The molecule has 0 fully saturated rings. The van der Waals surface area contributed by atoms with Crippen molar-refractivity contribution < 1.29 is 14.3 Å². The van der Waals surface area contributed by atoms with E-state index in [2.05, 4.69) is 4.98 Å². The van der Waals surface area contributed by atoms with Gasteiger partial charge in [-0.1, -0.05) is 12.1 Å². The van der Waals surface area contributed by atoms with Crippen LogP contribution in [0.1, 0.15) is 29.9 Å². The van der Waals surface area contributed by atoms with E-state index >= 15 is 0 Å². The van der Waals surface area contributed by atoms with Crippen molar-refractivity contribution in [3.8, 4) is 5.75 Å². The van der Waals surface area contributed by atoms with Crippen LogP contribution in [0.4, 0.5) is 0 Å². The van der Waals surface area contributed by atoms with E-state index < -0.39 is 5.97 Å². The van der Waals surface area contributed by atoms with E-state index in [1.807, 2.05) is 39.0 Å². The molecule has 19 heavy (non-hydrogen) atoms. The summed E-state index contributed by atoms with van der Waals surface area (Å²) in [7, 11) is 1.34. The van der Waals surface area contributed by atoms with Crippen LogP contribution in [0.2, 0.25) is 0 Å². The van der Waals surface area contributed by atoms with Crippen molar-refractivity contribution in [2.75, 3.05) is 7.11 Å². The largest absolute Gasteiger partial charge is 0.490 e. The van der Waals surface area contributed by atoms with E-state index in [1.54, 1.807) is 6.07 Å². The summed E-state index contributed by atoms with van der Waals surface area (Å²) in [5.41, 5.74) is 2.03. The lowest BCUT2D eigenvalue weighted by molar-refractivity contribution is 0.0593. The quantitative estimate of drug-likeness (QED) is 0.795. The normalized spacial score (nSPS) is 10.8. The lowest BCUT2D eigenvalue weighted by Gasteiger charge is -2.14. The van der Waals surface area contributed by atoms with Gasteiger partial charge in [0.2, 0.25) is 0 Å². The molecule has 0 N–H and O–H groups in total. The van der Waals surface area contributed by atoms with Gasteiger partial charge in [0.15, 0.2) is 5.69 Å². The Kier molecular flexibility index (Phi) is 3.69. The van der Waals surface area contributed by atoms with Crippen molar-refractivity contribution in [2.45, 2.75) is 26.9 Å². The minimum atomic E-state index is -0.459. The molecule has 0 bridgehead atoms. The van der Waals surface area contributed by atoms with Gasteiger partial charge in [-0.2, -0.15) is 0 Å². The highest BCUT2D eigenvalue weighted by Crippen LogP contribution is 2.28. The number of esters is 1. The smallest absolute Gasteiger partial charge is 0.356 e. The van der Waals surface area contributed by atoms with E-state index in [0.29, 0.717) is 5.75 Å². The predicted octanol–water partition coefficient (Wildman–Crippen LogP) is 3.12. The number of methoxy groups -OCH3 is 1. The number of nitrogens with zero attached hydrogens (tertiary/aromatic N) is 1. The first-order chi connectivity index (χ1) is 9.02. The van der Waals surface area contributed by atoms with Gasteiger partial charge < -0.3 is 9.47 Å². The van der Waals surface area contributed by atoms with Crippen molar-refractivity contribution in [3.63, 3.8) is 0 Å². The Morgan fingerprint density at radius 1 is 1.32 bits per heavy atom. The Bertz CT molecular complexity index is 620. The molecule has 100 valence electrons. The van der Waals surface area contributed by atoms with Gasteiger partial charge in [0.05, 0.1) is 18.7 Å². The van der Waals surface area contributed by atoms with Crippen LogP contribution in [0.25, 0.3) is 10.9 Å². The summed E-state index contributed by atoms with van der Waals surface area (Å²) < 4.78 is 10.5. The number of benzene rings is 1. The monoisotopic (exact) mass is 259 g/mol. The molecule has 0 saturated heterocycles. The van der Waals surface area contributed by atoms with E-state index in [0.717, 1.165) is 16.5 Å². The second kappa shape index (κ2) is 5.26.